The first kappa shape index (κ1) is 18.0. The predicted octanol–water partition coefficient (Wildman–Crippen LogP) is 2.15. The monoisotopic (exact) mass is 332 g/mol. The molecule has 2 amide bonds. The zero-order chi connectivity index (χ0) is 17.7. The topological polar surface area (TPSA) is 86.7 Å². The van der Waals surface area contributed by atoms with E-state index in [1.807, 2.05) is 12.1 Å². The van der Waals surface area contributed by atoms with Gasteiger partial charge in [-0.2, -0.15) is 0 Å². The minimum Gasteiger partial charge on any atom is -0.481 e. The van der Waals surface area contributed by atoms with Crippen LogP contribution in [0.2, 0.25) is 0 Å². The number of likely N-dealkylation sites (N-methyl/N-ethyl adjacent to an activating group) is 1. The molecule has 2 unspecified atom stereocenters. The fourth-order valence-electron chi connectivity index (χ4n) is 2.94. The summed E-state index contributed by atoms with van der Waals surface area (Å²) >= 11 is 0. The lowest BCUT2D eigenvalue weighted by Crippen LogP contribution is -2.30. The summed E-state index contributed by atoms with van der Waals surface area (Å²) in [5.74, 6) is -1.60. The van der Waals surface area contributed by atoms with Crippen LogP contribution in [-0.4, -0.2) is 41.9 Å². The molecule has 0 radical (unpaired) electrons. The second kappa shape index (κ2) is 7.95. The van der Waals surface area contributed by atoms with Gasteiger partial charge in [-0.05, 0) is 37.0 Å². The van der Waals surface area contributed by atoms with E-state index in [4.69, 9.17) is 5.11 Å². The summed E-state index contributed by atoms with van der Waals surface area (Å²) in [7, 11) is 3.43. The molecule has 1 fully saturated rings. The lowest BCUT2D eigenvalue weighted by molar-refractivity contribution is -0.143. The molecule has 2 N–H and O–H groups in total. The van der Waals surface area contributed by atoms with E-state index in [2.05, 4.69) is 5.32 Å². The Morgan fingerprint density at radius 1 is 1.12 bits per heavy atom. The van der Waals surface area contributed by atoms with E-state index in [-0.39, 0.29) is 17.7 Å². The summed E-state index contributed by atoms with van der Waals surface area (Å²) in [5, 5.41) is 12.0. The number of hydrogen-bond donors (Lipinski definition) is 2. The molecule has 0 saturated heterocycles. The van der Waals surface area contributed by atoms with Gasteiger partial charge in [0.15, 0.2) is 0 Å². The van der Waals surface area contributed by atoms with Gasteiger partial charge in [0.25, 0.3) is 0 Å². The number of carboxylic acid groups (broad SMARTS) is 1. The number of anilines is 1. The minimum absolute atomic E-state index is 0.0219. The molecule has 24 heavy (non-hydrogen) atoms. The first-order valence-corrected chi connectivity index (χ1v) is 8.19. The minimum atomic E-state index is -0.817. The average molecular weight is 332 g/mol. The Labute approximate surface area is 141 Å². The van der Waals surface area contributed by atoms with Crippen molar-refractivity contribution in [1.29, 1.82) is 0 Å². The lowest BCUT2D eigenvalue weighted by Gasteiger charge is -2.25. The molecule has 1 aliphatic rings. The maximum atomic E-state index is 12.3. The van der Waals surface area contributed by atoms with E-state index in [1.54, 1.807) is 26.2 Å². The predicted molar refractivity (Wildman–Crippen MR) is 90.6 cm³/mol. The first-order valence-electron chi connectivity index (χ1n) is 8.19. The third kappa shape index (κ3) is 4.81. The third-order valence-electron chi connectivity index (χ3n) is 4.47. The molecule has 1 saturated carbocycles. The Kier molecular flexibility index (Phi) is 5.95. The summed E-state index contributed by atoms with van der Waals surface area (Å²) < 4.78 is 0. The van der Waals surface area contributed by atoms with Crippen molar-refractivity contribution in [3.05, 3.63) is 29.8 Å². The molecule has 0 aromatic heterocycles. The normalized spacial score (nSPS) is 20.2. The Bertz CT molecular complexity index is 610. The van der Waals surface area contributed by atoms with Crippen molar-refractivity contribution < 1.29 is 19.5 Å². The molecular weight excluding hydrogens is 308 g/mol. The van der Waals surface area contributed by atoms with Gasteiger partial charge in [-0.15, -0.1) is 0 Å². The van der Waals surface area contributed by atoms with Gasteiger partial charge in [-0.1, -0.05) is 18.6 Å². The zero-order valence-corrected chi connectivity index (χ0v) is 14.1. The third-order valence-corrected chi connectivity index (χ3v) is 4.47. The molecular formula is C18H24N2O4. The summed E-state index contributed by atoms with van der Waals surface area (Å²) in [6.07, 6.45) is 2.86. The molecule has 130 valence electrons. The van der Waals surface area contributed by atoms with Crippen molar-refractivity contribution in [3.8, 4) is 0 Å². The van der Waals surface area contributed by atoms with E-state index in [0.29, 0.717) is 24.9 Å². The lowest BCUT2D eigenvalue weighted by atomic mass is 9.81. The molecule has 1 aromatic rings. The van der Waals surface area contributed by atoms with E-state index < -0.39 is 11.9 Å². The average Bonchev–Trinajstić information content (AvgIpc) is 2.56. The summed E-state index contributed by atoms with van der Waals surface area (Å²) in [6, 6.07) is 7.18. The molecule has 6 heteroatoms. The zero-order valence-electron chi connectivity index (χ0n) is 14.1. The van der Waals surface area contributed by atoms with Crippen molar-refractivity contribution >= 4 is 23.5 Å². The highest BCUT2D eigenvalue weighted by Gasteiger charge is 2.30. The van der Waals surface area contributed by atoms with Gasteiger partial charge in [0.2, 0.25) is 11.8 Å². The quantitative estimate of drug-likeness (QED) is 0.865. The standard InChI is InChI=1S/C18H24N2O4/c1-20(2)16(21)10-12-6-8-15(9-7-12)19-17(22)13-4-3-5-14(11-13)18(23)24/h6-9,13-14H,3-5,10-11H2,1-2H3,(H,19,22)(H,23,24). The second-order valence-electron chi connectivity index (χ2n) is 6.55. The van der Waals surface area contributed by atoms with Crippen LogP contribution in [0.15, 0.2) is 24.3 Å². The van der Waals surface area contributed by atoms with Crippen LogP contribution in [0.3, 0.4) is 0 Å². The molecule has 0 bridgehead atoms. The van der Waals surface area contributed by atoms with E-state index in [0.717, 1.165) is 18.4 Å². The highest BCUT2D eigenvalue weighted by Crippen LogP contribution is 2.30. The number of aliphatic carboxylic acids is 1. The molecule has 0 spiro atoms. The van der Waals surface area contributed by atoms with Crippen LogP contribution < -0.4 is 5.32 Å². The van der Waals surface area contributed by atoms with Gasteiger partial charge < -0.3 is 15.3 Å². The maximum absolute atomic E-state index is 12.3. The second-order valence-corrected chi connectivity index (χ2v) is 6.55. The van der Waals surface area contributed by atoms with Gasteiger partial charge in [-0.25, -0.2) is 0 Å². The molecule has 2 atom stereocenters. The number of carbonyl (C=O) groups is 3. The van der Waals surface area contributed by atoms with Crippen LogP contribution >= 0.6 is 0 Å². The number of carbonyl (C=O) groups excluding carboxylic acids is 2. The number of nitrogens with zero attached hydrogens (tertiary/aromatic N) is 1. The number of amides is 2. The van der Waals surface area contributed by atoms with Crippen LogP contribution in [-0.2, 0) is 20.8 Å². The van der Waals surface area contributed by atoms with Crippen molar-refractivity contribution in [2.75, 3.05) is 19.4 Å². The molecule has 2 rings (SSSR count). The van der Waals surface area contributed by atoms with E-state index >= 15 is 0 Å². The van der Waals surface area contributed by atoms with Crippen LogP contribution in [0.1, 0.15) is 31.2 Å². The summed E-state index contributed by atoms with van der Waals surface area (Å²) in [5.41, 5.74) is 1.55. The van der Waals surface area contributed by atoms with Crippen LogP contribution in [0.4, 0.5) is 5.69 Å². The fraction of sp³-hybridized carbons (Fsp3) is 0.500. The number of benzene rings is 1. The molecule has 1 aromatic carbocycles. The molecule has 0 aliphatic heterocycles. The Morgan fingerprint density at radius 2 is 1.75 bits per heavy atom. The van der Waals surface area contributed by atoms with Gasteiger partial charge >= 0.3 is 5.97 Å². The summed E-state index contributed by atoms with van der Waals surface area (Å²) in [4.78, 5) is 36.6. The van der Waals surface area contributed by atoms with Gasteiger partial charge in [0, 0.05) is 25.7 Å². The maximum Gasteiger partial charge on any atom is 0.306 e. The number of carboxylic acids is 1. The van der Waals surface area contributed by atoms with Crippen LogP contribution in [0, 0.1) is 11.8 Å². The molecule has 1 aliphatic carbocycles. The van der Waals surface area contributed by atoms with Gasteiger partial charge in [-0.3, -0.25) is 14.4 Å². The Hall–Kier alpha value is -2.37. The summed E-state index contributed by atoms with van der Waals surface area (Å²) in [6.45, 7) is 0. The van der Waals surface area contributed by atoms with Gasteiger partial charge in [0.05, 0.1) is 12.3 Å². The smallest absolute Gasteiger partial charge is 0.306 e. The van der Waals surface area contributed by atoms with Crippen LogP contribution in [0.25, 0.3) is 0 Å². The van der Waals surface area contributed by atoms with Crippen molar-refractivity contribution in [1.82, 2.24) is 4.90 Å². The Balaban J connectivity index is 1.92. The van der Waals surface area contributed by atoms with E-state index in [9.17, 15) is 14.4 Å². The SMILES string of the molecule is CN(C)C(=O)Cc1ccc(NC(=O)C2CCCC(C(=O)O)C2)cc1. The molecule has 6 nitrogen and oxygen atoms in total. The molecule has 0 heterocycles. The Morgan fingerprint density at radius 3 is 2.33 bits per heavy atom. The van der Waals surface area contributed by atoms with Crippen molar-refractivity contribution in [2.45, 2.75) is 32.1 Å². The highest BCUT2D eigenvalue weighted by atomic mass is 16.4. The van der Waals surface area contributed by atoms with Crippen molar-refractivity contribution in [2.24, 2.45) is 11.8 Å². The number of nitrogens with one attached hydrogen (secondary N) is 1. The number of hydrogen-bond acceptors (Lipinski definition) is 3. The number of rotatable bonds is 5. The van der Waals surface area contributed by atoms with E-state index in [1.165, 1.54) is 4.90 Å². The first-order chi connectivity index (χ1) is 11.4. The highest BCUT2D eigenvalue weighted by molar-refractivity contribution is 5.93. The largest absolute Gasteiger partial charge is 0.481 e. The fourth-order valence-corrected chi connectivity index (χ4v) is 2.94. The van der Waals surface area contributed by atoms with Crippen LogP contribution in [0.5, 0.6) is 0 Å². The van der Waals surface area contributed by atoms with Crippen molar-refractivity contribution in [3.63, 3.8) is 0 Å². The van der Waals surface area contributed by atoms with Gasteiger partial charge in [0.1, 0.15) is 0 Å².